The number of rotatable bonds is 2. The van der Waals surface area contributed by atoms with Crippen LogP contribution in [0, 0.1) is 0 Å². The predicted molar refractivity (Wildman–Crippen MR) is 80.1 cm³/mol. The summed E-state index contributed by atoms with van der Waals surface area (Å²) in [6.45, 7) is 1.13. The Bertz CT molecular complexity index is 537. The molecule has 0 saturated carbocycles. The standard InChI is InChI=1S/C13H15BrN3P/c14-10-5-3-9(4-6-10)11-8-15-13(16-11)12-2-1-7-17(12)18/h3-6,8,12H,1-2,7,18H2,(H,15,16)/t12-/m0/s1. The largest absolute Gasteiger partial charge is 0.341 e. The maximum Gasteiger partial charge on any atom is 0.124 e. The highest BCUT2D eigenvalue weighted by molar-refractivity contribution is 9.10. The maximum atomic E-state index is 4.53. The molecule has 1 unspecified atom stereocenters. The molecule has 94 valence electrons. The minimum absolute atomic E-state index is 0.416. The molecule has 1 fully saturated rings. The fourth-order valence-corrected chi connectivity index (χ4v) is 3.10. The van der Waals surface area contributed by atoms with Crippen LogP contribution in [-0.4, -0.2) is 21.2 Å². The van der Waals surface area contributed by atoms with Gasteiger partial charge in [-0.1, -0.05) is 37.5 Å². The number of hydrogen-bond donors (Lipinski definition) is 1. The predicted octanol–water partition coefficient (Wildman–Crippen LogP) is 3.77. The molecule has 1 aliphatic heterocycles. The van der Waals surface area contributed by atoms with Crippen LogP contribution in [0.5, 0.6) is 0 Å². The molecule has 5 heteroatoms. The third kappa shape index (κ3) is 2.37. The van der Waals surface area contributed by atoms with Gasteiger partial charge < -0.3 is 4.98 Å². The van der Waals surface area contributed by atoms with Gasteiger partial charge in [0.15, 0.2) is 0 Å². The van der Waals surface area contributed by atoms with Gasteiger partial charge in [-0.3, -0.25) is 4.67 Å². The van der Waals surface area contributed by atoms with Crippen molar-refractivity contribution < 1.29 is 0 Å². The van der Waals surface area contributed by atoms with Gasteiger partial charge in [0.25, 0.3) is 0 Å². The van der Waals surface area contributed by atoms with Crippen molar-refractivity contribution in [3.05, 3.63) is 40.8 Å². The Balaban J connectivity index is 1.87. The quantitative estimate of drug-likeness (QED) is 0.853. The van der Waals surface area contributed by atoms with Gasteiger partial charge in [-0.25, -0.2) is 4.98 Å². The first-order valence-corrected chi connectivity index (χ1v) is 7.37. The SMILES string of the molecule is PN1CCC[C@H]1c1ncc(-c2ccc(Br)cc2)[nH]1. The lowest BCUT2D eigenvalue weighted by molar-refractivity contribution is 0.434. The van der Waals surface area contributed by atoms with E-state index in [2.05, 4.69) is 52.1 Å². The Hall–Kier alpha value is -0.700. The summed E-state index contributed by atoms with van der Waals surface area (Å²) in [7, 11) is 2.80. The van der Waals surface area contributed by atoms with E-state index < -0.39 is 0 Å². The second kappa shape index (κ2) is 5.12. The molecule has 1 aromatic heterocycles. The van der Waals surface area contributed by atoms with Crippen LogP contribution >= 0.6 is 25.3 Å². The van der Waals surface area contributed by atoms with Gasteiger partial charge in [0.1, 0.15) is 5.82 Å². The molecule has 0 radical (unpaired) electrons. The van der Waals surface area contributed by atoms with Crippen LogP contribution in [0.4, 0.5) is 0 Å². The van der Waals surface area contributed by atoms with Crippen molar-refractivity contribution in [1.29, 1.82) is 0 Å². The van der Waals surface area contributed by atoms with Gasteiger partial charge in [-0.15, -0.1) is 0 Å². The highest BCUT2D eigenvalue weighted by Crippen LogP contribution is 2.33. The van der Waals surface area contributed by atoms with Crippen molar-refractivity contribution in [3.63, 3.8) is 0 Å². The molecular formula is C13H15BrN3P. The zero-order valence-electron chi connectivity index (χ0n) is 9.94. The van der Waals surface area contributed by atoms with E-state index in [9.17, 15) is 0 Å². The molecule has 3 rings (SSSR count). The van der Waals surface area contributed by atoms with Crippen molar-refractivity contribution in [1.82, 2.24) is 14.6 Å². The van der Waals surface area contributed by atoms with E-state index in [1.165, 1.54) is 18.4 Å². The van der Waals surface area contributed by atoms with Crippen LogP contribution in [-0.2, 0) is 0 Å². The molecule has 18 heavy (non-hydrogen) atoms. The summed E-state index contributed by atoms with van der Waals surface area (Å²) in [5, 5.41) is 0. The van der Waals surface area contributed by atoms with E-state index >= 15 is 0 Å². The van der Waals surface area contributed by atoms with Gasteiger partial charge in [-0.2, -0.15) is 0 Å². The maximum absolute atomic E-state index is 4.53. The molecule has 3 nitrogen and oxygen atoms in total. The average molecular weight is 324 g/mol. The number of H-pyrrole nitrogens is 1. The molecular weight excluding hydrogens is 309 g/mol. The number of halogens is 1. The van der Waals surface area contributed by atoms with E-state index in [1.54, 1.807) is 0 Å². The first-order chi connectivity index (χ1) is 8.74. The molecule has 1 aromatic carbocycles. The van der Waals surface area contributed by atoms with Crippen LogP contribution < -0.4 is 0 Å². The van der Waals surface area contributed by atoms with Gasteiger partial charge in [0, 0.05) is 11.0 Å². The van der Waals surface area contributed by atoms with Crippen LogP contribution in [0.15, 0.2) is 34.9 Å². The number of nitrogens with zero attached hydrogens (tertiary/aromatic N) is 2. The van der Waals surface area contributed by atoms with Crippen LogP contribution in [0.1, 0.15) is 24.7 Å². The average Bonchev–Trinajstić information content (AvgIpc) is 2.98. The van der Waals surface area contributed by atoms with Gasteiger partial charge in [0.2, 0.25) is 0 Å². The Labute approximate surface area is 117 Å². The van der Waals surface area contributed by atoms with Crippen molar-refractivity contribution in [2.75, 3.05) is 6.54 Å². The van der Waals surface area contributed by atoms with E-state index in [1.807, 2.05) is 18.3 Å². The van der Waals surface area contributed by atoms with E-state index in [0.29, 0.717) is 6.04 Å². The molecule has 0 aliphatic carbocycles. The summed E-state index contributed by atoms with van der Waals surface area (Å²) < 4.78 is 3.38. The summed E-state index contributed by atoms with van der Waals surface area (Å²) in [6.07, 6.45) is 4.34. The van der Waals surface area contributed by atoms with Crippen LogP contribution in [0.3, 0.4) is 0 Å². The summed E-state index contributed by atoms with van der Waals surface area (Å²) in [5.74, 6) is 1.07. The molecule has 0 spiro atoms. The molecule has 2 aromatic rings. The van der Waals surface area contributed by atoms with Crippen LogP contribution in [0.25, 0.3) is 11.3 Å². The first kappa shape index (κ1) is 12.3. The molecule has 0 bridgehead atoms. The lowest BCUT2D eigenvalue weighted by Crippen LogP contribution is -2.12. The van der Waals surface area contributed by atoms with E-state index in [-0.39, 0.29) is 0 Å². The normalized spacial score (nSPS) is 20.4. The zero-order chi connectivity index (χ0) is 12.5. The Morgan fingerprint density at radius 3 is 2.78 bits per heavy atom. The number of benzene rings is 1. The number of aromatic amines is 1. The number of nitrogens with one attached hydrogen (secondary N) is 1. The third-order valence-corrected chi connectivity index (χ3v) is 4.51. The molecule has 0 amide bonds. The third-order valence-electron chi connectivity index (χ3n) is 3.36. The Morgan fingerprint density at radius 1 is 1.33 bits per heavy atom. The summed E-state index contributed by atoms with van der Waals surface area (Å²) >= 11 is 3.45. The van der Waals surface area contributed by atoms with E-state index in [0.717, 1.165) is 22.5 Å². The summed E-state index contributed by atoms with van der Waals surface area (Å²) in [6, 6.07) is 8.70. The van der Waals surface area contributed by atoms with Crippen molar-refractivity contribution in [2.24, 2.45) is 0 Å². The minimum Gasteiger partial charge on any atom is -0.341 e. The topological polar surface area (TPSA) is 31.9 Å². The lowest BCUT2D eigenvalue weighted by Gasteiger charge is -2.16. The molecule has 2 heterocycles. The Kier molecular flexibility index (Phi) is 3.51. The lowest BCUT2D eigenvalue weighted by atomic mass is 10.2. The first-order valence-electron chi connectivity index (χ1n) is 6.06. The monoisotopic (exact) mass is 323 g/mol. The number of aromatic nitrogens is 2. The fourth-order valence-electron chi connectivity index (χ4n) is 2.36. The van der Waals surface area contributed by atoms with Crippen molar-refractivity contribution in [3.8, 4) is 11.3 Å². The smallest absolute Gasteiger partial charge is 0.124 e. The molecule has 2 atom stereocenters. The van der Waals surface area contributed by atoms with Gasteiger partial charge in [0.05, 0.1) is 17.9 Å². The zero-order valence-corrected chi connectivity index (χ0v) is 12.7. The molecule has 1 saturated heterocycles. The second-order valence-electron chi connectivity index (χ2n) is 4.58. The number of imidazole rings is 1. The number of hydrogen-bond acceptors (Lipinski definition) is 2. The highest BCUT2D eigenvalue weighted by Gasteiger charge is 2.25. The summed E-state index contributed by atoms with van der Waals surface area (Å²) in [4.78, 5) is 7.96. The van der Waals surface area contributed by atoms with Gasteiger partial charge >= 0.3 is 0 Å². The fraction of sp³-hybridized carbons (Fsp3) is 0.308. The molecule has 1 aliphatic rings. The van der Waals surface area contributed by atoms with Crippen molar-refractivity contribution >= 4 is 25.3 Å². The molecule has 1 N–H and O–H groups in total. The van der Waals surface area contributed by atoms with E-state index in [4.69, 9.17) is 0 Å². The van der Waals surface area contributed by atoms with Crippen LogP contribution in [0.2, 0.25) is 0 Å². The minimum atomic E-state index is 0.416. The summed E-state index contributed by atoms with van der Waals surface area (Å²) in [5.41, 5.74) is 2.26. The highest BCUT2D eigenvalue weighted by atomic mass is 79.9. The second-order valence-corrected chi connectivity index (χ2v) is 6.16. The Morgan fingerprint density at radius 2 is 2.11 bits per heavy atom. The van der Waals surface area contributed by atoms with Crippen molar-refractivity contribution in [2.45, 2.75) is 18.9 Å². The van der Waals surface area contributed by atoms with Gasteiger partial charge in [-0.05, 0) is 30.5 Å².